The lowest BCUT2D eigenvalue weighted by atomic mass is 9.94. The third kappa shape index (κ3) is 3.74. The maximum Gasteiger partial charge on any atom is 0.254 e. The summed E-state index contributed by atoms with van der Waals surface area (Å²) < 4.78 is 6.75. The minimum Gasteiger partial charge on any atom is -0.383 e. The zero-order valence-corrected chi connectivity index (χ0v) is 18.0. The zero-order chi connectivity index (χ0) is 22.8. The largest absolute Gasteiger partial charge is 0.383 e. The molecular formula is C24H23N5O3. The molecule has 4 rings (SSSR count). The molecule has 0 radical (unpaired) electrons. The summed E-state index contributed by atoms with van der Waals surface area (Å²) in [5.41, 5.74) is 4.83. The van der Waals surface area contributed by atoms with E-state index in [9.17, 15) is 9.59 Å². The van der Waals surface area contributed by atoms with Crippen molar-refractivity contribution in [3.05, 3.63) is 65.4 Å². The van der Waals surface area contributed by atoms with Crippen molar-refractivity contribution in [3.63, 3.8) is 0 Å². The number of carbonyl (C=O) groups excluding carboxylic acids is 2. The van der Waals surface area contributed by atoms with Gasteiger partial charge in [0.05, 0.1) is 36.5 Å². The molecule has 2 amide bonds. The fourth-order valence-corrected chi connectivity index (χ4v) is 4.01. The summed E-state index contributed by atoms with van der Waals surface area (Å²) in [6.07, 6.45) is 1.68. The Hall–Kier alpha value is -3.96. The zero-order valence-electron chi connectivity index (χ0n) is 18.0. The first-order valence-electron chi connectivity index (χ1n) is 10.2. The van der Waals surface area contributed by atoms with Gasteiger partial charge in [-0.2, -0.15) is 10.4 Å². The molecular weight excluding hydrogens is 406 g/mol. The summed E-state index contributed by atoms with van der Waals surface area (Å²) in [6, 6.07) is 11.4. The number of ether oxygens (including phenoxy) is 1. The van der Waals surface area contributed by atoms with Gasteiger partial charge in [-0.3, -0.25) is 14.3 Å². The number of nitrogens with zero attached hydrogens (tertiary/aromatic N) is 4. The van der Waals surface area contributed by atoms with E-state index in [0.29, 0.717) is 36.4 Å². The topological polar surface area (TPSA) is 100 Å². The van der Waals surface area contributed by atoms with Gasteiger partial charge in [0.15, 0.2) is 0 Å². The molecule has 0 fully saturated rings. The van der Waals surface area contributed by atoms with Gasteiger partial charge < -0.3 is 15.0 Å². The molecule has 162 valence electrons. The lowest BCUT2D eigenvalue weighted by molar-refractivity contribution is 0.0793. The molecule has 0 bridgehead atoms. The van der Waals surface area contributed by atoms with Crippen LogP contribution >= 0.6 is 0 Å². The van der Waals surface area contributed by atoms with Gasteiger partial charge in [-0.05, 0) is 34.9 Å². The minimum absolute atomic E-state index is 0.127. The monoisotopic (exact) mass is 429 g/mol. The summed E-state index contributed by atoms with van der Waals surface area (Å²) in [6.45, 7) is 5.08. The number of hydrogen-bond donors (Lipinski definition) is 1. The van der Waals surface area contributed by atoms with E-state index >= 15 is 0 Å². The van der Waals surface area contributed by atoms with Crippen LogP contribution in [0, 0.1) is 11.3 Å². The Bertz CT molecular complexity index is 1280. The highest BCUT2D eigenvalue weighted by molar-refractivity contribution is 6.08. The van der Waals surface area contributed by atoms with Crippen molar-refractivity contribution < 1.29 is 14.3 Å². The highest BCUT2D eigenvalue weighted by Crippen LogP contribution is 2.35. The molecule has 1 N–H and O–H groups in total. The van der Waals surface area contributed by atoms with Gasteiger partial charge >= 0.3 is 0 Å². The Labute approximate surface area is 185 Å². The number of aromatic nitrogens is 2. The number of amides is 2. The number of carbonyl (C=O) groups is 2. The second-order valence-corrected chi connectivity index (χ2v) is 7.68. The van der Waals surface area contributed by atoms with Gasteiger partial charge in [-0.25, -0.2) is 0 Å². The summed E-state index contributed by atoms with van der Waals surface area (Å²) in [7, 11) is 3.41. The minimum atomic E-state index is -0.211. The third-order valence-electron chi connectivity index (χ3n) is 5.60. The van der Waals surface area contributed by atoms with Crippen molar-refractivity contribution >= 4 is 22.7 Å². The van der Waals surface area contributed by atoms with Crippen LogP contribution < -0.4 is 5.32 Å². The van der Waals surface area contributed by atoms with Crippen LogP contribution in [0.15, 0.2) is 48.7 Å². The first-order chi connectivity index (χ1) is 15.4. The molecule has 0 saturated carbocycles. The third-order valence-corrected chi connectivity index (χ3v) is 5.60. The maximum atomic E-state index is 12.9. The van der Waals surface area contributed by atoms with E-state index in [1.165, 1.54) is 0 Å². The van der Waals surface area contributed by atoms with E-state index in [0.717, 1.165) is 27.6 Å². The fourth-order valence-electron chi connectivity index (χ4n) is 4.01. The average Bonchev–Trinajstić information content (AvgIpc) is 3.33. The van der Waals surface area contributed by atoms with E-state index in [-0.39, 0.29) is 18.4 Å². The second kappa shape index (κ2) is 8.65. The highest BCUT2D eigenvalue weighted by atomic mass is 16.5. The van der Waals surface area contributed by atoms with Crippen LogP contribution in [0.2, 0.25) is 0 Å². The van der Waals surface area contributed by atoms with Gasteiger partial charge in [0.1, 0.15) is 0 Å². The smallest absolute Gasteiger partial charge is 0.254 e. The van der Waals surface area contributed by atoms with Crippen LogP contribution in [0.5, 0.6) is 0 Å². The summed E-state index contributed by atoms with van der Waals surface area (Å²) in [5.74, 6) is -0.338. The Morgan fingerprint density at radius 3 is 2.88 bits per heavy atom. The molecule has 32 heavy (non-hydrogen) atoms. The summed E-state index contributed by atoms with van der Waals surface area (Å²) in [5, 5.41) is 17.0. The lowest BCUT2D eigenvalue weighted by Crippen LogP contribution is -2.27. The van der Waals surface area contributed by atoms with E-state index in [1.807, 2.05) is 37.4 Å². The first kappa shape index (κ1) is 21.3. The SMILES string of the molecule is C=C(C#N)CN1Cc2c(cccc2-c2cc(C(=O)NCCOC)c3cnn(C)c3c2)C1=O. The molecule has 2 heterocycles. The average molecular weight is 429 g/mol. The van der Waals surface area contributed by atoms with Crippen LogP contribution in [0.3, 0.4) is 0 Å². The van der Waals surface area contributed by atoms with Gasteiger partial charge in [0.2, 0.25) is 0 Å². The molecule has 1 aliphatic heterocycles. The van der Waals surface area contributed by atoms with E-state index in [2.05, 4.69) is 17.0 Å². The first-order valence-corrected chi connectivity index (χ1v) is 10.2. The van der Waals surface area contributed by atoms with Crippen molar-refractivity contribution in [2.75, 3.05) is 26.8 Å². The van der Waals surface area contributed by atoms with Gasteiger partial charge in [0, 0.05) is 43.8 Å². The van der Waals surface area contributed by atoms with Crippen molar-refractivity contribution in [1.82, 2.24) is 20.0 Å². The normalized spacial score (nSPS) is 12.7. The Balaban J connectivity index is 1.78. The number of hydrogen-bond acceptors (Lipinski definition) is 5. The molecule has 8 heteroatoms. The highest BCUT2D eigenvalue weighted by Gasteiger charge is 2.30. The van der Waals surface area contributed by atoms with E-state index in [4.69, 9.17) is 10.00 Å². The molecule has 0 spiro atoms. The van der Waals surface area contributed by atoms with Gasteiger partial charge in [0.25, 0.3) is 11.8 Å². The molecule has 0 saturated heterocycles. The number of nitrogens with one attached hydrogen (secondary N) is 1. The van der Waals surface area contributed by atoms with Crippen molar-refractivity contribution in [3.8, 4) is 17.2 Å². The van der Waals surface area contributed by atoms with Crippen LogP contribution in [-0.2, 0) is 18.3 Å². The number of fused-ring (bicyclic) bond motifs is 2. The van der Waals surface area contributed by atoms with Crippen LogP contribution in [0.25, 0.3) is 22.0 Å². The van der Waals surface area contributed by atoms with Crippen molar-refractivity contribution in [2.24, 2.45) is 7.05 Å². The summed E-state index contributed by atoms with van der Waals surface area (Å²) >= 11 is 0. The predicted octanol–water partition coefficient (Wildman–Crippen LogP) is 2.65. The van der Waals surface area contributed by atoms with E-state index < -0.39 is 0 Å². The molecule has 1 aromatic heterocycles. The van der Waals surface area contributed by atoms with Crippen LogP contribution in [0.1, 0.15) is 26.3 Å². The van der Waals surface area contributed by atoms with Gasteiger partial charge in [-0.1, -0.05) is 18.7 Å². The fraction of sp³-hybridized carbons (Fsp3) is 0.250. The van der Waals surface area contributed by atoms with E-state index in [1.54, 1.807) is 29.0 Å². The van der Waals surface area contributed by atoms with Crippen LogP contribution in [0.4, 0.5) is 0 Å². The van der Waals surface area contributed by atoms with Crippen LogP contribution in [-0.4, -0.2) is 53.3 Å². The lowest BCUT2D eigenvalue weighted by Gasteiger charge is -2.14. The standard InChI is InChI=1S/C24H23N5O3/c1-15(11-25)13-29-14-21-17(5-4-6-18(21)24(29)31)16-9-19(23(30)26-7-8-32-3)20-12-27-28(2)22(20)10-16/h4-6,9-10,12H,1,7-8,13-14H2,2-3H3,(H,26,30). The number of methoxy groups -OCH3 is 1. The Morgan fingerprint density at radius 1 is 1.34 bits per heavy atom. The molecule has 0 unspecified atom stereocenters. The molecule has 1 aliphatic rings. The molecule has 3 aromatic rings. The van der Waals surface area contributed by atoms with Crippen molar-refractivity contribution in [2.45, 2.75) is 6.54 Å². The quantitative estimate of drug-likeness (QED) is 0.460. The number of rotatable bonds is 7. The number of aryl methyl sites for hydroxylation is 1. The molecule has 0 aliphatic carbocycles. The Kier molecular flexibility index (Phi) is 5.75. The number of benzene rings is 2. The Morgan fingerprint density at radius 2 is 2.12 bits per heavy atom. The van der Waals surface area contributed by atoms with Gasteiger partial charge in [-0.15, -0.1) is 0 Å². The molecule has 8 nitrogen and oxygen atoms in total. The maximum absolute atomic E-state index is 12.9. The summed E-state index contributed by atoms with van der Waals surface area (Å²) in [4.78, 5) is 27.4. The molecule has 2 aromatic carbocycles. The number of nitriles is 1. The van der Waals surface area contributed by atoms with Crippen molar-refractivity contribution in [1.29, 1.82) is 5.26 Å². The predicted molar refractivity (Wildman–Crippen MR) is 120 cm³/mol. The second-order valence-electron chi connectivity index (χ2n) is 7.68. The molecule has 0 atom stereocenters.